The summed E-state index contributed by atoms with van der Waals surface area (Å²) < 4.78 is 10.2. The molecule has 0 unspecified atom stereocenters. The number of ketones is 1. The van der Waals surface area contributed by atoms with Crippen molar-refractivity contribution in [3.05, 3.63) is 48.0 Å². The van der Waals surface area contributed by atoms with Gasteiger partial charge in [-0.25, -0.2) is 0 Å². The van der Waals surface area contributed by atoms with Crippen molar-refractivity contribution in [3.8, 4) is 11.5 Å². The van der Waals surface area contributed by atoms with E-state index in [9.17, 15) is 9.59 Å². The first-order valence-corrected chi connectivity index (χ1v) is 6.49. The summed E-state index contributed by atoms with van der Waals surface area (Å²) in [7, 11) is 2.90. The fraction of sp³-hybridized carbons (Fsp3) is 0.125. The molecule has 6 nitrogen and oxygen atoms in total. The van der Waals surface area contributed by atoms with Crippen molar-refractivity contribution in [2.75, 3.05) is 25.3 Å². The summed E-state index contributed by atoms with van der Waals surface area (Å²) in [4.78, 5) is 24.0. The predicted octanol–water partition coefficient (Wildman–Crippen LogP) is 2.11. The number of nitrogen functional groups attached to an aromatic ring is 1. The van der Waals surface area contributed by atoms with Crippen LogP contribution in [-0.4, -0.2) is 25.9 Å². The number of benzene rings is 2. The second-order valence-electron chi connectivity index (χ2n) is 4.44. The molecule has 3 N–H and O–H groups in total. The first-order valence-electron chi connectivity index (χ1n) is 6.49. The van der Waals surface area contributed by atoms with E-state index < -0.39 is 11.7 Å². The number of ether oxygens (including phenoxy) is 2. The lowest BCUT2D eigenvalue weighted by molar-refractivity contribution is -0.112. The van der Waals surface area contributed by atoms with Crippen LogP contribution in [0.1, 0.15) is 10.4 Å². The molecular formula is C16H16N2O4. The number of nitrogens with two attached hydrogens (primary N) is 1. The third-order valence-corrected chi connectivity index (χ3v) is 3.04. The summed E-state index contributed by atoms with van der Waals surface area (Å²) in [5.74, 6) is -0.681. The number of methoxy groups -OCH3 is 2. The molecule has 0 atom stereocenters. The van der Waals surface area contributed by atoms with Crippen LogP contribution in [0, 0.1) is 0 Å². The third-order valence-electron chi connectivity index (χ3n) is 3.04. The van der Waals surface area contributed by atoms with E-state index in [4.69, 9.17) is 15.2 Å². The molecule has 114 valence electrons. The molecule has 0 fully saturated rings. The van der Waals surface area contributed by atoms with E-state index in [1.807, 2.05) is 0 Å². The fourth-order valence-corrected chi connectivity index (χ4v) is 1.92. The van der Waals surface area contributed by atoms with Crippen molar-refractivity contribution in [2.45, 2.75) is 0 Å². The van der Waals surface area contributed by atoms with Gasteiger partial charge in [0.05, 0.1) is 14.2 Å². The summed E-state index contributed by atoms with van der Waals surface area (Å²) >= 11 is 0. The van der Waals surface area contributed by atoms with E-state index in [0.717, 1.165) is 0 Å². The normalized spacial score (nSPS) is 9.91. The van der Waals surface area contributed by atoms with Crippen LogP contribution in [0.5, 0.6) is 11.5 Å². The van der Waals surface area contributed by atoms with Gasteiger partial charge in [-0.05, 0) is 0 Å². The zero-order chi connectivity index (χ0) is 16.1. The molecule has 6 heteroatoms. The predicted molar refractivity (Wildman–Crippen MR) is 83.4 cm³/mol. The zero-order valence-electron chi connectivity index (χ0n) is 12.3. The second-order valence-corrected chi connectivity index (χ2v) is 4.44. The van der Waals surface area contributed by atoms with Crippen molar-refractivity contribution in [2.24, 2.45) is 0 Å². The minimum Gasteiger partial charge on any atom is -0.494 e. The van der Waals surface area contributed by atoms with Gasteiger partial charge < -0.3 is 20.5 Å². The highest BCUT2D eigenvalue weighted by molar-refractivity contribution is 6.46. The Kier molecular flexibility index (Phi) is 4.63. The van der Waals surface area contributed by atoms with E-state index in [1.54, 1.807) is 30.3 Å². The van der Waals surface area contributed by atoms with Crippen LogP contribution < -0.4 is 20.5 Å². The molecule has 0 aliphatic heterocycles. The van der Waals surface area contributed by atoms with Gasteiger partial charge in [0.2, 0.25) is 0 Å². The molecular weight excluding hydrogens is 284 g/mol. The number of amides is 1. The molecule has 0 saturated carbocycles. The molecule has 2 aromatic carbocycles. The number of nitrogens with one attached hydrogen (secondary N) is 1. The van der Waals surface area contributed by atoms with Crippen LogP contribution in [0.3, 0.4) is 0 Å². The van der Waals surface area contributed by atoms with Gasteiger partial charge in [-0.1, -0.05) is 30.3 Å². The lowest BCUT2D eigenvalue weighted by Crippen LogP contribution is -2.22. The van der Waals surface area contributed by atoms with Crippen LogP contribution in [0.15, 0.2) is 42.5 Å². The molecule has 0 aliphatic carbocycles. The van der Waals surface area contributed by atoms with E-state index in [1.165, 1.54) is 26.4 Å². The summed E-state index contributed by atoms with van der Waals surface area (Å²) in [6.07, 6.45) is 0. The van der Waals surface area contributed by atoms with Gasteiger partial charge >= 0.3 is 0 Å². The van der Waals surface area contributed by atoms with Crippen LogP contribution in [0.2, 0.25) is 0 Å². The second kappa shape index (κ2) is 6.62. The summed E-state index contributed by atoms with van der Waals surface area (Å²) in [5, 5.41) is 2.51. The van der Waals surface area contributed by atoms with Crippen LogP contribution in [0.25, 0.3) is 0 Å². The molecule has 0 radical (unpaired) electrons. The van der Waals surface area contributed by atoms with Gasteiger partial charge in [0.1, 0.15) is 17.2 Å². The molecule has 0 spiro atoms. The maximum Gasteiger partial charge on any atom is 0.296 e. The number of hydrogen-bond donors (Lipinski definition) is 2. The Morgan fingerprint density at radius 3 is 2.05 bits per heavy atom. The zero-order valence-corrected chi connectivity index (χ0v) is 12.3. The Balaban J connectivity index is 2.23. The van der Waals surface area contributed by atoms with Crippen molar-refractivity contribution in [1.29, 1.82) is 0 Å². The van der Waals surface area contributed by atoms with Crippen LogP contribution in [0.4, 0.5) is 11.4 Å². The highest BCUT2D eigenvalue weighted by atomic mass is 16.5. The van der Waals surface area contributed by atoms with Crippen molar-refractivity contribution < 1.29 is 19.1 Å². The molecule has 2 aromatic rings. The number of Topliss-reactive ketones (excluding diaryl/α,β-unsaturated/α-hetero) is 1. The minimum absolute atomic E-state index is 0.314. The lowest BCUT2D eigenvalue weighted by atomic mass is 10.1. The number of carbonyl (C=O) groups excluding carboxylic acids is 2. The topological polar surface area (TPSA) is 90.6 Å². The van der Waals surface area contributed by atoms with E-state index in [2.05, 4.69) is 5.32 Å². The summed E-state index contributed by atoms with van der Waals surface area (Å²) in [6.45, 7) is 0. The average molecular weight is 300 g/mol. The van der Waals surface area contributed by atoms with Gasteiger partial charge in [-0.2, -0.15) is 0 Å². The van der Waals surface area contributed by atoms with E-state index in [-0.39, 0.29) is 0 Å². The molecule has 0 bridgehead atoms. The maximum absolute atomic E-state index is 12.0. The Labute approximate surface area is 127 Å². The number of anilines is 2. The highest BCUT2D eigenvalue weighted by Gasteiger charge is 2.17. The summed E-state index contributed by atoms with van der Waals surface area (Å²) in [6, 6.07) is 11.3. The van der Waals surface area contributed by atoms with Gasteiger partial charge in [0.25, 0.3) is 11.7 Å². The van der Waals surface area contributed by atoms with Gasteiger partial charge in [-0.3, -0.25) is 9.59 Å². The molecule has 2 rings (SSSR count). The smallest absolute Gasteiger partial charge is 0.296 e. The quantitative estimate of drug-likeness (QED) is 0.501. The molecule has 22 heavy (non-hydrogen) atoms. The Morgan fingerprint density at radius 2 is 1.55 bits per heavy atom. The highest BCUT2D eigenvalue weighted by Crippen LogP contribution is 2.35. The SMILES string of the molecule is COc1cc(NC(=O)C(=O)c2ccccc2)cc(OC)c1N. The fourth-order valence-electron chi connectivity index (χ4n) is 1.92. The van der Waals surface area contributed by atoms with Crippen LogP contribution >= 0.6 is 0 Å². The minimum atomic E-state index is -0.750. The maximum atomic E-state index is 12.0. The number of rotatable bonds is 5. The Hall–Kier alpha value is -3.02. The average Bonchev–Trinajstić information content (AvgIpc) is 2.56. The third kappa shape index (κ3) is 3.17. The molecule has 0 aliphatic rings. The Bertz CT molecular complexity index is 674. The number of carbonyl (C=O) groups is 2. The lowest BCUT2D eigenvalue weighted by Gasteiger charge is -2.12. The van der Waals surface area contributed by atoms with E-state index in [0.29, 0.717) is 28.4 Å². The van der Waals surface area contributed by atoms with E-state index >= 15 is 0 Å². The first-order chi connectivity index (χ1) is 10.6. The van der Waals surface area contributed by atoms with Crippen molar-refractivity contribution in [3.63, 3.8) is 0 Å². The molecule has 0 saturated heterocycles. The van der Waals surface area contributed by atoms with Gasteiger partial charge in [0, 0.05) is 23.4 Å². The van der Waals surface area contributed by atoms with Crippen molar-refractivity contribution in [1.82, 2.24) is 0 Å². The Morgan fingerprint density at radius 1 is 1.00 bits per heavy atom. The van der Waals surface area contributed by atoms with Gasteiger partial charge in [0.15, 0.2) is 0 Å². The standard InChI is InChI=1S/C16H16N2O4/c1-21-12-8-11(9-13(22-2)14(12)17)18-16(20)15(19)10-6-4-3-5-7-10/h3-9H,17H2,1-2H3,(H,18,20). The monoisotopic (exact) mass is 300 g/mol. The van der Waals surface area contributed by atoms with Crippen LogP contribution in [-0.2, 0) is 4.79 Å². The van der Waals surface area contributed by atoms with Crippen molar-refractivity contribution >= 4 is 23.1 Å². The number of hydrogen-bond acceptors (Lipinski definition) is 5. The largest absolute Gasteiger partial charge is 0.494 e. The first kappa shape index (κ1) is 15.4. The summed E-state index contributed by atoms with van der Waals surface area (Å²) in [5.41, 5.74) is 6.82. The van der Waals surface area contributed by atoms with Gasteiger partial charge in [-0.15, -0.1) is 0 Å². The molecule has 0 aromatic heterocycles. The molecule has 0 heterocycles. The molecule has 1 amide bonds.